The summed E-state index contributed by atoms with van der Waals surface area (Å²) in [5, 5.41) is 0. The number of ether oxygens (including phenoxy) is 1. The number of hydrogen-bond acceptors (Lipinski definition) is 3. The van der Waals surface area contributed by atoms with Crippen molar-refractivity contribution in [3.05, 3.63) is 83.6 Å². The molecule has 2 N–H and O–H groups in total. The van der Waals surface area contributed by atoms with Crippen molar-refractivity contribution in [1.82, 2.24) is 0 Å². The summed E-state index contributed by atoms with van der Waals surface area (Å²) in [6, 6.07) is 16.9. The highest BCUT2D eigenvalue weighted by molar-refractivity contribution is 5.95. The number of allylic oxidation sites excluding steroid dienone is 2. The van der Waals surface area contributed by atoms with E-state index >= 15 is 0 Å². The number of carbonyl (C=O) groups is 1. The molecule has 0 fully saturated rings. The van der Waals surface area contributed by atoms with Gasteiger partial charge < -0.3 is 10.5 Å². The van der Waals surface area contributed by atoms with Gasteiger partial charge in [-0.1, -0.05) is 81.1 Å². The van der Waals surface area contributed by atoms with Gasteiger partial charge in [-0.3, -0.25) is 0 Å². The Kier molecular flexibility index (Phi) is 8.91. The Labute approximate surface area is 162 Å². The van der Waals surface area contributed by atoms with E-state index in [2.05, 4.69) is 6.92 Å². The summed E-state index contributed by atoms with van der Waals surface area (Å²) < 4.78 is 5.62. The van der Waals surface area contributed by atoms with Crippen LogP contribution in [0.1, 0.15) is 61.4 Å². The molecule has 3 nitrogen and oxygen atoms in total. The highest BCUT2D eigenvalue weighted by atomic mass is 16.5. The second-order valence-corrected chi connectivity index (χ2v) is 6.53. The standard InChI is InChI=1S/C24H29NO2/c1-2-3-4-5-6-10-15-21(19-18-20-13-8-7-9-14-20)27-24(26)22-16-11-12-17-23(22)25/h7-9,11-19H,2-6,10,25H2,1H3/b19-18+,21-15?. The minimum atomic E-state index is -0.428. The molecule has 0 unspecified atom stereocenters. The highest BCUT2D eigenvalue weighted by Crippen LogP contribution is 2.16. The predicted octanol–water partition coefficient (Wildman–Crippen LogP) is 6.38. The molecule has 0 radical (unpaired) electrons. The molecule has 0 aliphatic rings. The van der Waals surface area contributed by atoms with E-state index in [9.17, 15) is 4.79 Å². The van der Waals surface area contributed by atoms with Crippen LogP contribution >= 0.6 is 0 Å². The van der Waals surface area contributed by atoms with Gasteiger partial charge >= 0.3 is 5.97 Å². The van der Waals surface area contributed by atoms with E-state index in [1.165, 1.54) is 25.7 Å². The Balaban J connectivity index is 2.05. The summed E-state index contributed by atoms with van der Waals surface area (Å²) in [6.45, 7) is 2.21. The first-order valence-electron chi connectivity index (χ1n) is 9.70. The Bertz CT molecular complexity index is 763. The molecule has 2 aromatic carbocycles. The van der Waals surface area contributed by atoms with Crippen molar-refractivity contribution in [2.24, 2.45) is 0 Å². The van der Waals surface area contributed by atoms with Crippen LogP contribution in [0, 0.1) is 0 Å². The number of nitrogen functional groups attached to an aromatic ring is 1. The van der Waals surface area contributed by atoms with Gasteiger partial charge in [0.05, 0.1) is 5.56 Å². The molecule has 0 heterocycles. The van der Waals surface area contributed by atoms with Crippen molar-refractivity contribution in [1.29, 1.82) is 0 Å². The molecule has 2 aromatic rings. The lowest BCUT2D eigenvalue weighted by molar-refractivity contribution is 0.0637. The number of nitrogens with two attached hydrogens (primary N) is 1. The third-order valence-electron chi connectivity index (χ3n) is 4.28. The van der Waals surface area contributed by atoms with Gasteiger partial charge in [-0.05, 0) is 42.7 Å². The van der Waals surface area contributed by atoms with Crippen LogP contribution in [0.25, 0.3) is 6.08 Å². The molecule has 0 saturated carbocycles. The zero-order chi connectivity index (χ0) is 19.3. The Morgan fingerprint density at radius 1 is 0.963 bits per heavy atom. The normalized spacial score (nSPS) is 11.7. The first kappa shape index (κ1) is 20.5. The Morgan fingerprint density at radius 2 is 1.67 bits per heavy atom. The number of anilines is 1. The van der Waals surface area contributed by atoms with Crippen molar-refractivity contribution in [2.75, 3.05) is 5.73 Å². The fraction of sp³-hybridized carbons (Fsp3) is 0.292. The quantitative estimate of drug-likeness (QED) is 0.175. The van der Waals surface area contributed by atoms with Crippen LogP contribution in [-0.4, -0.2) is 5.97 Å². The third-order valence-corrected chi connectivity index (χ3v) is 4.28. The number of rotatable bonds is 10. The van der Waals surface area contributed by atoms with Crippen LogP contribution < -0.4 is 5.73 Å². The monoisotopic (exact) mass is 363 g/mol. The van der Waals surface area contributed by atoms with Crippen LogP contribution in [-0.2, 0) is 4.74 Å². The maximum Gasteiger partial charge on any atom is 0.345 e. The average molecular weight is 364 g/mol. The number of carbonyl (C=O) groups excluding carboxylic acids is 1. The molecule has 142 valence electrons. The van der Waals surface area contributed by atoms with Crippen molar-refractivity contribution < 1.29 is 9.53 Å². The molecule has 0 saturated heterocycles. The molecule has 0 aliphatic carbocycles. The molecular weight excluding hydrogens is 334 g/mol. The number of esters is 1. The highest BCUT2D eigenvalue weighted by Gasteiger charge is 2.11. The van der Waals surface area contributed by atoms with Crippen LogP contribution in [0.4, 0.5) is 5.69 Å². The maximum absolute atomic E-state index is 12.5. The van der Waals surface area contributed by atoms with E-state index in [-0.39, 0.29) is 0 Å². The van der Waals surface area contributed by atoms with Gasteiger partial charge in [0, 0.05) is 5.69 Å². The molecule has 3 heteroatoms. The molecule has 0 spiro atoms. The van der Waals surface area contributed by atoms with Crippen molar-refractivity contribution in [2.45, 2.75) is 45.4 Å². The van der Waals surface area contributed by atoms with Crippen LogP contribution in [0.3, 0.4) is 0 Å². The van der Waals surface area contributed by atoms with Gasteiger partial charge in [0.15, 0.2) is 0 Å². The van der Waals surface area contributed by atoms with Crippen molar-refractivity contribution >= 4 is 17.7 Å². The third kappa shape index (κ3) is 7.53. The van der Waals surface area contributed by atoms with E-state index in [1.807, 2.05) is 48.6 Å². The number of unbranched alkanes of at least 4 members (excludes halogenated alkanes) is 5. The summed E-state index contributed by atoms with van der Waals surface area (Å²) in [4.78, 5) is 12.5. The smallest absolute Gasteiger partial charge is 0.345 e. The molecule has 0 bridgehead atoms. The second-order valence-electron chi connectivity index (χ2n) is 6.53. The lowest BCUT2D eigenvalue weighted by Crippen LogP contribution is -2.07. The van der Waals surface area contributed by atoms with E-state index in [1.54, 1.807) is 24.3 Å². The van der Waals surface area contributed by atoms with Crippen molar-refractivity contribution in [3.8, 4) is 0 Å². The van der Waals surface area contributed by atoms with Gasteiger partial charge in [0.1, 0.15) is 5.76 Å². The second kappa shape index (κ2) is 11.7. The first-order valence-corrected chi connectivity index (χ1v) is 9.70. The van der Waals surface area contributed by atoms with E-state index in [4.69, 9.17) is 10.5 Å². The lowest BCUT2D eigenvalue weighted by atomic mass is 10.1. The van der Waals surface area contributed by atoms with Crippen LogP contribution in [0.15, 0.2) is 72.5 Å². The van der Waals surface area contributed by atoms with Gasteiger partial charge in [-0.15, -0.1) is 0 Å². The van der Waals surface area contributed by atoms with Gasteiger partial charge in [0.25, 0.3) is 0 Å². The minimum absolute atomic E-state index is 0.388. The average Bonchev–Trinajstić information content (AvgIpc) is 2.69. The Hall–Kier alpha value is -2.81. The van der Waals surface area contributed by atoms with Gasteiger partial charge in [0.2, 0.25) is 0 Å². The summed E-state index contributed by atoms with van der Waals surface area (Å²) >= 11 is 0. The topological polar surface area (TPSA) is 52.3 Å². The zero-order valence-corrected chi connectivity index (χ0v) is 16.1. The predicted molar refractivity (Wildman–Crippen MR) is 113 cm³/mol. The van der Waals surface area contributed by atoms with E-state index in [0.717, 1.165) is 18.4 Å². The molecule has 2 rings (SSSR count). The lowest BCUT2D eigenvalue weighted by Gasteiger charge is -2.08. The van der Waals surface area contributed by atoms with Gasteiger partial charge in [-0.25, -0.2) is 4.79 Å². The van der Waals surface area contributed by atoms with Crippen molar-refractivity contribution in [3.63, 3.8) is 0 Å². The van der Waals surface area contributed by atoms with E-state index in [0.29, 0.717) is 17.0 Å². The molecule has 0 aliphatic heterocycles. The fourth-order valence-corrected chi connectivity index (χ4v) is 2.72. The van der Waals surface area contributed by atoms with Crippen LogP contribution in [0.2, 0.25) is 0 Å². The Morgan fingerprint density at radius 3 is 2.41 bits per heavy atom. The molecule has 27 heavy (non-hydrogen) atoms. The maximum atomic E-state index is 12.5. The zero-order valence-electron chi connectivity index (χ0n) is 16.1. The summed E-state index contributed by atoms with van der Waals surface area (Å²) in [5.74, 6) is 0.130. The molecular formula is C24H29NO2. The van der Waals surface area contributed by atoms with Gasteiger partial charge in [-0.2, -0.15) is 0 Å². The number of para-hydroxylation sites is 1. The fourth-order valence-electron chi connectivity index (χ4n) is 2.72. The molecule has 0 atom stereocenters. The minimum Gasteiger partial charge on any atom is -0.423 e. The van der Waals surface area contributed by atoms with E-state index < -0.39 is 5.97 Å². The molecule has 0 amide bonds. The summed E-state index contributed by atoms with van der Waals surface area (Å²) in [7, 11) is 0. The SMILES string of the molecule is CCCCCCCC=C(/C=C/c1ccccc1)OC(=O)c1ccccc1N. The van der Waals surface area contributed by atoms with Crippen LogP contribution in [0.5, 0.6) is 0 Å². The first-order chi connectivity index (χ1) is 13.2. The summed E-state index contributed by atoms with van der Waals surface area (Å²) in [6.07, 6.45) is 12.7. The summed E-state index contributed by atoms with van der Waals surface area (Å²) in [5.41, 5.74) is 7.76. The molecule has 0 aromatic heterocycles. The number of benzene rings is 2. The number of hydrogen-bond donors (Lipinski definition) is 1. The largest absolute Gasteiger partial charge is 0.423 e.